The monoisotopic (exact) mass is 524 g/mol. The predicted molar refractivity (Wildman–Crippen MR) is 156 cm³/mol. The van der Waals surface area contributed by atoms with Crippen LogP contribution in [-0.2, 0) is 9.84 Å². The maximum Gasteiger partial charge on any atom is 0.150 e. The van der Waals surface area contributed by atoms with Gasteiger partial charge in [-0.25, -0.2) is 8.42 Å². The highest BCUT2D eigenvalue weighted by Crippen LogP contribution is 2.28. The van der Waals surface area contributed by atoms with E-state index in [9.17, 15) is 8.42 Å². The number of hydrogen-bond acceptors (Lipinski definition) is 4. The van der Waals surface area contributed by atoms with Gasteiger partial charge in [-0.05, 0) is 114 Å². The van der Waals surface area contributed by atoms with Crippen LogP contribution in [0, 0.1) is 0 Å². The summed E-state index contributed by atoms with van der Waals surface area (Å²) in [4.78, 5) is 5.14. The summed E-state index contributed by atoms with van der Waals surface area (Å²) in [6.07, 6.45) is 11.4. The van der Waals surface area contributed by atoms with Crippen LogP contribution in [0.15, 0.2) is 60.7 Å². The average Bonchev–Trinajstić information content (AvgIpc) is 2.95. The van der Waals surface area contributed by atoms with Gasteiger partial charge in [-0.1, -0.05) is 73.5 Å². The first-order valence-corrected chi connectivity index (χ1v) is 16.7. The summed E-state index contributed by atoms with van der Waals surface area (Å²) in [5, 5.41) is 0. The lowest BCUT2D eigenvalue weighted by molar-refractivity contribution is 0.220. The smallest absolute Gasteiger partial charge is 0.150 e. The predicted octanol–water partition coefficient (Wildman–Crippen LogP) is 6.50. The first-order chi connectivity index (χ1) is 18.1. The highest BCUT2D eigenvalue weighted by Gasteiger charge is 2.22. The van der Waals surface area contributed by atoms with Crippen LogP contribution in [0.25, 0.3) is 0 Å². The van der Waals surface area contributed by atoms with Crippen molar-refractivity contribution in [2.24, 2.45) is 0 Å². The van der Waals surface area contributed by atoms with Gasteiger partial charge in [0, 0.05) is 0 Å². The van der Waals surface area contributed by atoms with Gasteiger partial charge in [0.1, 0.15) is 9.84 Å². The van der Waals surface area contributed by atoms with Crippen LogP contribution >= 0.6 is 0 Å². The zero-order valence-corrected chi connectivity index (χ0v) is 23.6. The van der Waals surface area contributed by atoms with Crippen molar-refractivity contribution < 1.29 is 8.42 Å². The van der Waals surface area contributed by atoms with Crippen LogP contribution in [-0.4, -0.2) is 69.0 Å². The van der Waals surface area contributed by atoms with Gasteiger partial charge in [-0.15, -0.1) is 0 Å². The molecule has 2 aliphatic rings. The minimum atomic E-state index is -3.10. The molecule has 0 saturated carbocycles. The molecule has 0 bridgehead atoms. The van der Waals surface area contributed by atoms with Gasteiger partial charge in [0.15, 0.2) is 0 Å². The fourth-order valence-corrected chi connectivity index (χ4v) is 7.69. The molecule has 2 fully saturated rings. The van der Waals surface area contributed by atoms with Crippen LogP contribution < -0.4 is 0 Å². The fourth-order valence-electron chi connectivity index (χ4n) is 6.19. The van der Waals surface area contributed by atoms with Gasteiger partial charge in [0.05, 0.1) is 11.5 Å². The van der Waals surface area contributed by atoms with Crippen LogP contribution in [0.5, 0.6) is 0 Å². The van der Waals surface area contributed by atoms with Crippen molar-refractivity contribution in [3.05, 3.63) is 71.8 Å². The van der Waals surface area contributed by atoms with Gasteiger partial charge < -0.3 is 9.80 Å². The van der Waals surface area contributed by atoms with Crippen molar-refractivity contribution in [2.45, 2.75) is 76.0 Å². The van der Waals surface area contributed by atoms with E-state index in [2.05, 4.69) is 70.5 Å². The van der Waals surface area contributed by atoms with Crippen molar-refractivity contribution in [1.82, 2.24) is 9.80 Å². The second-order valence-corrected chi connectivity index (χ2v) is 13.6. The number of piperidine rings is 2. The van der Waals surface area contributed by atoms with Crippen molar-refractivity contribution in [3.63, 3.8) is 0 Å². The van der Waals surface area contributed by atoms with Crippen LogP contribution in [0.4, 0.5) is 0 Å². The molecule has 4 rings (SSSR count). The molecule has 5 heteroatoms. The van der Waals surface area contributed by atoms with Crippen LogP contribution in [0.1, 0.15) is 87.2 Å². The number of nitrogens with zero attached hydrogens (tertiary/aromatic N) is 2. The van der Waals surface area contributed by atoms with Crippen molar-refractivity contribution in [1.29, 1.82) is 0 Å². The number of sulfone groups is 1. The standard InChI is InChI=1S/C32H48N2O2S/c35-37(36,27-19-31(29-13-5-1-6-14-29)17-25-33-21-9-3-10-22-33)28-20-32(30-15-7-2-8-16-30)18-26-34-23-11-4-12-24-34/h1-2,5-8,13-16,31-32H,3-4,9-12,17-28H2. The fraction of sp³-hybridized carbons (Fsp3) is 0.625. The molecule has 0 aromatic heterocycles. The average molecular weight is 525 g/mol. The SMILES string of the molecule is O=S(=O)(CCC(CCN1CCCCC1)c1ccccc1)CCC(CCN1CCCCC1)c1ccccc1. The van der Waals surface area contributed by atoms with E-state index < -0.39 is 9.84 Å². The Morgan fingerprint density at radius 2 is 0.919 bits per heavy atom. The van der Waals surface area contributed by atoms with Gasteiger partial charge in [-0.2, -0.15) is 0 Å². The Morgan fingerprint density at radius 1 is 0.541 bits per heavy atom. The van der Waals surface area contributed by atoms with Gasteiger partial charge in [0.25, 0.3) is 0 Å². The Morgan fingerprint density at radius 3 is 1.30 bits per heavy atom. The van der Waals surface area contributed by atoms with E-state index in [1.54, 1.807) is 0 Å². The molecular weight excluding hydrogens is 476 g/mol. The third-order valence-corrected chi connectivity index (χ3v) is 10.3. The molecule has 0 amide bonds. The molecule has 2 aromatic rings. The summed E-state index contributed by atoms with van der Waals surface area (Å²) in [5.74, 6) is 1.20. The molecule has 4 nitrogen and oxygen atoms in total. The summed E-state index contributed by atoms with van der Waals surface area (Å²) in [5.41, 5.74) is 2.58. The molecule has 2 aromatic carbocycles. The third-order valence-electron chi connectivity index (χ3n) is 8.58. The largest absolute Gasteiger partial charge is 0.303 e. The van der Waals surface area contributed by atoms with E-state index in [0.29, 0.717) is 23.3 Å². The minimum Gasteiger partial charge on any atom is -0.303 e. The summed E-state index contributed by atoms with van der Waals surface area (Å²) in [6, 6.07) is 21.2. The second kappa shape index (κ2) is 15.0. The molecule has 2 heterocycles. The summed E-state index contributed by atoms with van der Waals surface area (Å²) in [6.45, 7) is 6.92. The topological polar surface area (TPSA) is 40.6 Å². The normalized spacial score (nSPS) is 19.5. The quantitative estimate of drug-likeness (QED) is 0.283. The lowest BCUT2D eigenvalue weighted by Gasteiger charge is -2.29. The number of likely N-dealkylation sites (tertiary alicyclic amines) is 2. The van der Waals surface area contributed by atoms with E-state index >= 15 is 0 Å². The molecule has 2 atom stereocenters. The van der Waals surface area contributed by atoms with E-state index in [1.165, 1.54) is 75.8 Å². The number of rotatable bonds is 14. The lowest BCUT2D eigenvalue weighted by atomic mass is 9.92. The molecule has 2 unspecified atom stereocenters. The molecule has 2 aliphatic heterocycles. The molecule has 0 aliphatic carbocycles. The molecule has 0 radical (unpaired) electrons. The number of hydrogen-bond donors (Lipinski definition) is 0. The Kier molecular flexibility index (Phi) is 11.5. The van der Waals surface area contributed by atoms with Gasteiger partial charge in [0.2, 0.25) is 0 Å². The Labute approximate surface area is 226 Å². The zero-order chi connectivity index (χ0) is 25.8. The summed E-state index contributed by atoms with van der Waals surface area (Å²) >= 11 is 0. The molecule has 0 N–H and O–H groups in total. The first-order valence-electron chi connectivity index (χ1n) is 14.8. The lowest BCUT2D eigenvalue weighted by Crippen LogP contribution is -2.31. The van der Waals surface area contributed by atoms with Crippen molar-refractivity contribution in [2.75, 3.05) is 50.8 Å². The Balaban J connectivity index is 1.32. The van der Waals surface area contributed by atoms with Gasteiger partial charge in [-0.3, -0.25) is 0 Å². The highest BCUT2D eigenvalue weighted by molar-refractivity contribution is 7.91. The summed E-state index contributed by atoms with van der Waals surface area (Å²) in [7, 11) is -3.10. The number of benzene rings is 2. The maximum atomic E-state index is 13.3. The van der Waals surface area contributed by atoms with Crippen molar-refractivity contribution >= 4 is 9.84 Å². The third kappa shape index (κ3) is 9.85. The van der Waals surface area contributed by atoms with E-state index in [-0.39, 0.29) is 0 Å². The van der Waals surface area contributed by atoms with E-state index in [0.717, 1.165) is 38.8 Å². The second-order valence-electron chi connectivity index (χ2n) is 11.3. The van der Waals surface area contributed by atoms with Crippen LogP contribution in [0.3, 0.4) is 0 Å². The van der Waals surface area contributed by atoms with E-state index in [4.69, 9.17) is 0 Å². The van der Waals surface area contributed by atoms with Crippen LogP contribution in [0.2, 0.25) is 0 Å². The Hall–Kier alpha value is -1.69. The van der Waals surface area contributed by atoms with Crippen molar-refractivity contribution in [3.8, 4) is 0 Å². The molecule has 0 spiro atoms. The molecule has 204 valence electrons. The van der Waals surface area contributed by atoms with E-state index in [1.807, 2.05) is 0 Å². The summed E-state index contributed by atoms with van der Waals surface area (Å²) < 4.78 is 26.6. The molecule has 2 saturated heterocycles. The highest BCUT2D eigenvalue weighted by atomic mass is 32.2. The van der Waals surface area contributed by atoms with Gasteiger partial charge >= 0.3 is 0 Å². The molecular formula is C32H48N2O2S. The molecule has 37 heavy (non-hydrogen) atoms. The zero-order valence-electron chi connectivity index (χ0n) is 22.8. The first kappa shape index (κ1) is 28.3. The maximum absolute atomic E-state index is 13.3. The Bertz CT molecular complexity index is 908. The minimum absolute atomic E-state index is 0.292.